The molecular formula is C26H26ClN5O5S2. The van der Waals surface area contributed by atoms with E-state index in [1.165, 1.54) is 49.2 Å². The SMILES string of the molecule is O=C(Nc1ccc(N2C(=O)Cc3cc(NCCN4CCCC4)ccc3C2=O)cc1)NS(=O)(=O)c1ccc(Cl)s1. The minimum atomic E-state index is -4.07. The Morgan fingerprint density at radius 2 is 1.69 bits per heavy atom. The van der Waals surface area contributed by atoms with Crippen LogP contribution in [0.1, 0.15) is 28.8 Å². The van der Waals surface area contributed by atoms with Gasteiger partial charge in [0.25, 0.3) is 15.9 Å². The van der Waals surface area contributed by atoms with Crippen molar-refractivity contribution in [1.29, 1.82) is 0 Å². The van der Waals surface area contributed by atoms with E-state index in [0.717, 1.165) is 48.1 Å². The molecule has 0 saturated carbocycles. The monoisotopic (exact) mass is 587 g/mol. The number of thiophene rings is 1. The molecule has 3 heterocycles. The van der Waals surface area contributed by atoms with E-state index in [2.05, 4.69) is 15.5 Å². The fourth-order valence-electron chi connectivity index (χ4n) is 4.62. The van der Waals surface area contributed by atoms with Crippen LogP contribution in [-0.4, -0.2) is 57.3 Å². The fraction of sp³-hybridized carbons (Fsp3) is 0.269. The zero-order chi connectivity index (χ0) is 27.6. The fourth-order valence-corrected chi connectivity index (χ4v) is 7.02. The zero-order valence-corrected chi connectivity index (χ0v) is 23.2. The molecule has 5 rings (SSSR count). The number of nitrogens with one attached hydrogen (secondary N) is 3. The average molecular weight is 588 g/mol. The Hall–Kier alpha value is -3.45. The molecule has 1 aromatic heterocycles. The Labute approximate surface area is 235 Å². The van der Waals surface area contributed by atoms with E-state index < -0.39 is 22.0 Å². The third-order valence-corrected chi connectivity index (χ3v) is 9.56. The van der Waals surface area contributed by atoms with E-state index in [-0.39, 0.29) is 26.6 Å². The number of nitrogens with zero attached hydrogens (tertiary/aromatic N) is 2. The molecule has 2 aromatic carbocycles. The maximum absolute atomic E-state index is 13.2. The number of anilines is 3. The lowest BCUT2D eigenvalue weighted by Crippen LogP contribution is -2.42. The van der Waals surface area contributed by atoms with Gasteiger partial charge in [0.15, 0.2) is 0 Å². The maximum Gasteiger partial charge on any atom is 0.333 e. The summed E-state index contributed by atoms with van der Waals surface area (Å²) in [5.74, 6) is -0.787. The van der Waals surface area contributed by atoms with Crippen molar-refractivity contribution in [2.24, 2.45) is 0 Å². The minimum Gasteiger partial charge on any atom is -0.384 e. The van der Waals surface area contributed by atoms with Gasteiger partial charge in [-0.3, -0.25) is 9.59 Å². The second-order valence-electron chi connectivity index (χ2n) is 9.22. The second-order valence-corrected chi connectivity index (χ2v) is 12.8. The van der Waals surface area contributed by atoms with Crippen molar-refractivity contribution in [3.05, 3.63) is 70.1 Å². The molecule has 1 fully saturated rings. The van der Waals surface area contributed by atoms with Crippen LogP contribution in [0.4, 0.5) is 21.9 Å². The van der Waals surface area contributed by atoms with Gasteiger partial charge < -0.3 is 15.5 Å². The molecule has 0 spiro atoms. The summed E-state index contributed by atoms with van der Waals surface area (Å²) in [5, 5.41) is 5.81. The number of hydrogen-bond donors (Lipinski definition) is 3. The van der Waals surface area contributed by atoms with Gasteiger partial charge in [0.2, 0.25) is 5.91 Å². The second kappa shape index (κ2) is 11.3. The molecule has 0 bridgehead atoms. The molecule has 2 aliphatic rings. The summed E-state index contributed by atoms with van der Waals surface area (Å²) >= 11 is 6.60. The number of carbonyl (C=O) groups excluding carboxylic acids is 3. The van der Waals surface area contributed by atoms with Crippen LogP contribution in [-0.2, 0) is 21.2 Å². The van der Waals surface area contributed by atoms with Crippen molar-refractivity contribution < 1.29 is 22.8 Å². The lowest BCUT2D eigenvalue weighted by Gasteiger charge is -2.27. The van der Waals surface area contributed by atoms with Crippen molar-refractivity contribution in [1.82, 2.24) is 9.62 Å². The highest BCUT2D eigenvalue weighted by atomic mass is 35.5. The first kappa shape index (κ1) is 27.1. The predicted octanol–water partition coefficient (Wildman–Crippen LogP) is 4.15. The molecule has 3 N–H and O–H groups in total. The molecule has 0 aliphatic carbocycles. The van der Waals surface area contributed by atoms with Crippen LogP contribution in [0.5, 0.6) is 0 Å². The van der Waals surface area contributed by atoms with Crippen LogP contribution in [0.2, 0.25) is 4.34 Å². The number of imide groups is 1. The number of carbonyl (C=O) groups is 3. The number of fused-ring (bicyclic) bond motifs is 1. The van der Waals surface area contributed by atoms with Gasteiger partial charge in [-0.2, -0.15) is 0 Å². The molecule has 3 aromatic rings. The number of rotatable bonds is 8. The Balaban J connectivity index is 1.21. The van der Waals surface area contributed by atoms with Crippen molar-refractivity contribution in [2.75, 3.05) is 41.7 Å². The molecule has 0 radical (unpaired) electrons. The van der Waals surface area contributed by atoms with Gasteiger partial charge in [0.1, 0.15) is 4.21 Å². The Bertz CT molecular complexity index is 1520. The number of halogens is 1. The molecular weight excluding hydrogens is 562 g/mol. The number of benzene rings is 2. The molecule has 13 heteroatoms. The molecule has 0 atom stereocenters. The molecule has 0 unspecified atom stereocenters. The van der Waals surface area contributed by atoms with E-state index >= 15 is 0 Å². The summed E-state index contributed by atoms with van der Waals surface area (Å²) < 4.78 is 26.7. The highest BCUT2D eigenvalue weighted by molar-refractivity contribution is 7.92. The lowest BCUT2D eigenvalue weighted by molar-refractivity contribution is -0.117. The predicted molar refractivity (Wildman–Crippen MR) is 151 cm³/mol. The standard InChI is InChI=1S/C26H26ClN5O5S2/c27-22-9-10-24(38-22)39(36,37)30-26(35)29-18-3-6-20(7-4-18)32-23(33)16-17-15-19(5-8-21(17)25(32)34)28-11-14-31-12-1-2-13-31/h3-10,15,28H,1-2,11-14,16H2,(H2,29,30,35). The van der Waals surface area contributed by atoms with Gasteiger partial charge in [-0.15, -0.1) is 11.3 Å². The summed E-state index contributed by atoms with van der Waals surface area (Å²) in [7, 11) is -4.07. The summed E-state index contributed by atoms with van der Waals surface area (Å²) in [6, 6.07) is 13.2. The molecule has 2 aliphatic heterocycles. The highest BCUT2D eigenvalue weighted by Crippen LogP contribution is 2.29. The Morgan fingerprint density at radius 1 is 0.974 bits per heavy atom. The van der Waals surface area contributed by atoms with Crippen LogP contribution < -0.4 is 20.3 Å². The first-order chi connectivity index (χ1) is 18.7. The number of hydrogen-bond acceptors (Lipinski definition) is 8. The van der Waals surface area contributed by atoms with Crippen LogP contribution in [0.3, 0.4) is 0 Å². The highest BCUT2D eigenvalue weighted by Gasteiger charge is 2.32. The van der Waals surface area contributed by atoms with E-state index in [0.29, 0.717) is 16.8 Å². The Kier molecular flexibility index (Phi) is 7.89. The van der Waals surface area contributed by atoms with E-state index in [1.54, 1.807) is 6.07 Å². The first-order valence-electron chi connectivity index (χ1n) is 12.4. The van der Waals surface area contributed by atoms with Crippen LogP contribution in [0, 0.1) is 0 Å². The quantitative estimate of drug-likeness (QED) is 0.338. The van der Waals surface area contributed by atoms with Gasteiger partial charge in [0.05, 0.1) is 16.4 Å². The number of likely N-dealkylation sites (tertiary alicyclic amines) is 1. The lowest BCUT2D eigenvalue weighted by atomic mass is 9.97. The molecule has 1 saturated heterocycles. The number of urea groups is 1. The van der Waals surface area contributed by atoms with Crippen molar-refractivity contribution in [3.63, 3.8) is 0 Å². The van der Waals surface area contributed by atoms with Gasteiger partial charge >= 0.3 is 6.03 Å². The molecule has 204 valence electrons. The van der Waals surface area contributed by atoms with Crippen LogP contribution >= 0.6 is 22.9 Å². The van der Waals surface area contributed by atoms with Gasteiger partial charge in [-0.25, -0.2) is 22.8 Å². The third kappa shape index (κ3) is 6.25. The summed E-state index contributed by atoms with van der Waals surface area (Å²) in [5.41, 5.74) is 2.63. The minimum absolute atomic E-state index is 0.0791. The maximum atomic E-state index is 13.2. The third-order valence-electron chi connectivity index (χ3n) is 6.51. The van der Waals surface area contributed by atoms with Crippen LogP contribution in [0.15, 0.2) is 58.8 Å². The van der Waals surface area contributed by atoms with Crippen molar-refractivity contribution >= 4 is 67.9 Å². The van der Waals surface area contributed by atoms with E-state index in [9.17, 15) is 22.8 Å². The smallest absolute Gasteiger partial charge is 0.333 e. The van der Waals surface area contributed by atoms with Gasteiger partial charge in [-0.05, 0) is 86.1 Å². The molecule has 39 heavy (non-hydrogen) atoms. The summed E-state index contributed by atoms with van der Waals surface area (Å²) in [6.07, 6.45) is 2.56. The molecule has 4 amide bonds. The average Bonchev–Trinajstić information content (AvgIpc) is 3.57. The number of sulfonamides is 1. The van der Waals surface area contributed by atoms with Gasteiger partial charge in [-0.1, -0.05) is 11.6 Å². The summed E-state index contributed by atoms with van der Waals surface area (Å²) in [6.45, 7) is 4.00. The largest absolute Gasteiger partial charge is 0.384 e. The van der Waals surface area contributed by atoms with E-state index in [4.69, 9.17) is 11.6 Å². The number of amides is 4. The van der Waals surface area contributed by atoms with Crippen molar-refractivity contribution in [3.8, 4) is 0 Å². The normalized spacial score (nSPS) is 15.8. The topological polar surface area (TPSA) is 128 Å². The van der Waals surface area contributed by atoms with Gasteiger partial charge in [0, 0.05) is 30.0 Å². The summed E-state index contributed by atoms with van der Waals surface area (Å²) in [4.78, 5) is 41.9. The first-order valence-corrected chi connectivity index (χ1v) is 15.0. The van der Waals surface area contributed by atoms with Crippen LogP contribution in [0.25, 0.3) is 0 Å². The van der Waals surface area contributed by atoms with Crippen molar-refractivity contribution in [2.45, 2.75) is 23.5 Å². The molecule has 10 nitrogen and oxygen atoms in total. The zero-order valence-electron chi connectivity index (χ0n) is 20.8. The van der Waals surface area contributed by atoms with E-state index in [1.807, 2.05) is 16.9 Å². The Morgan fingerprint density at radius 3 is 2.38 bits per heavy atom.